The maximum Gasteiger partial charge on any atom is 0.416 e. The highest BCUT2D eigenvalue weighted by Crippen LogP contribution is 2.30. The van der Waals surface area contributed by atoms with Crippen molar-refractivity contribution in [1.29, 1.82) is 0 Å². The summed E-state index contributed by atoms with van der Waals surface area (Å²) in [5.74, 6) is -0.807. The maximum atomic E-state index is 13.4. The van der Waals surface area contributed by atoms with E-state index in [1.807, 2.05) is 18.4 Å². The first-order chi connectivity index (χ1) is 17.0. The van der Waals surface area contributed by atoms with E-state index in [9.17, 15) is 27.9 Å². The van der Waals surface area contributed by atoms with Crippen molar-refractivity contribution in [1.82, 2.24) is 14.5 Å². The number of halogens is 3. The molecule has 1 amide bonds. The van der Waals surface area contributed by atoms with Crippen LogP contribution in [0.3, 0.4) is 0 Å². The monoisotopic (exact) mass is 496 g/mol. The normalized spacial score (nSPS) is 12.1. The molecule has 0 spiro atoms. The van der Waals surface area contributed by atoms with Crippen molar-refractivity contribution in [3.8, 4) is 0 Å². The molecule has 7 nitrogen and oxygen atoms in total. The van der Waals surface area contributed by atoms with Crippen molar-refractivity contribution in [2.45, 2.75) is 32.0 Å². The highest BCUT2D eigenvalue weighted by Gasteiger charge is 2.30. The van der Waals surface area contributed by atoms with Gasteiger partial charge in [0.05, 0.1) is 41.5 Å². The summed E-state index contributed by atoms with van der Waals surface area (Å²) < 4.78 is 40.0. The molecule has 36 heavy (non-hydrogen) atoms. The first-order valence-corrected chi connectivity index (χ1v) is 11.0. The minimum atomic E-state index is -4.45. The first-order valence-electron chi connectivity index (χ1n) is 11.0. The van der Waals surface area contributed by atoms with E-state index in [-0.39, 0.29) is 30.1 Å². The number of aromatic nitrogens is 3. The number of hydrogen-bond donors (Lipinski definition) is 2. The van der Waals surface area contributed by atoms with Crippen molar-refractivity contribution in [3.05, 3.63) is 89.6 Å². The Kier molecular flexibility index (Phi) is 6.64. The topological polar surface area (TPSA) is 97.1 Å². The number of ketones is 1. The molecular formula is C26H23F3N4O3. The van der Waals surface area contributed by atoms with Crippen molar-refractivity contribution in [2.24, 2.45) is 0 Å². The summed E-state index contributed by atoms with van der Waals surface area (Å²) in [6.07, 6.45) is 3.01. The number of anilines is 1. The largest absolute Gasteiger partial charge is 0.416 e. The molecule has 0 unspecified atom stereocenters. The van der Waals surface area contributed by atoms with Crippen LogP contribution in [0, 0.1) is 0 Å². The van der Waals surface area contributed by atoms with E-state index < -0.39 is 23.2 Å². The Bertz CT molecular complexity index is 1430. The smallest absolute Gasteiger partial charge is 0.394 e. The van der Waals surface area contributed by atoms with Gasteiger partial charge < -0.3 is 15.0 Å². The zero-order valence-electron chi connectivity index (χ0n) is 19.5. The minimum absolute atomic E-state index is 0.144. The Morgan fingerprint density at radius 2 is 1.75 bits per heavy atom. The molecule has 0 saturated heterocycles. The van der Waals surface area contributed by atoms with Crippen LogP contribution in [-0.4, -0.2) is 37.9 Å². The van der Waals surface area contributed by atoms with E-state index in [1.165, 1.54) is 30.6 Å². The number of nitrogens with zero attached hydrogens (tertiary/aromatic N) is 3. The first kappa shape index (κ1) is 25.1. The van der Waals surface area contributed by atoms with Gasteiger partial charge in [-0.15, -0.1) is 0 Å². The van der Waals surface area contributed by atoms with Gasteiger partial charge in [0.2, 0.25) is 5.91 Å². The number of fused-ring (bicyclic) bond motifs is 1. The van der Waals surface area contributed by atoms with E-state index in [0.717, 1.165) is 17.6 Å². The van der Waals surface area contributed by atoms with Gasteiger partial charge in [0.25, 0.3) is 0 Å². The predicted octanol–water partition coefficient (Wildman–Crippen LogP) is 4.59. The third-order valence-electron chi connectivity index (χ3n) is 5.82. The second-order valence-electron chi connectivity index (χ2n) is 8.99. The van der Waals surface area contributed by atoms with Crippen LogP contribution >= 0.6 is 0 Å². The summed E-state index contributed by atoms with van der Waals surface area (Å²) in [5, 5.41) is 13.1. The lowest BCUT2D eigenvalue weighted by molar-refractivity contribution is -0.137. The van der Waals surface area contributed by atoms with Gasteiger partial charge in [-0.25, -0.2) is 0 Å². The average molecular weight is 496 g/mol. The molecule has 0 bridgehead atoms. The highest BCUT2D eigenvalue weighted by atomic mass is 19.4. The Balaban J connectivity index is 1.55. The Morgan fingerprint density at radius 1 is 1.03 bits per heavy atom. The lowest BCUT2D eigenvalue weighted by Crippen LogP contribution is -2.29. The van der Waals surface area contributed by atoms with Gasteiger partial charge in [-0.3, -0.25) is 19.6 Å². The molecule has 1 aromatic carbocycles. The van der Waals surface area contributed by atoms with Crippen LogP contribution in [0.15, 0.2) is 67.4 Å². The number of pyridine rings is 2. The molecule has 0 aliphatic carbocycles. The average Bonchev–Trinajstić information content (AvgIpc) is 3.24. The fourth-order valence-corrected chi connectivity index (χ4v) is 3.82. The summed E-state index contributed by atoms with van der Waals surface area (Å²) in [5.41, 5.74) is 0.566. The fourth-order valence-electron chi connectivity index (χ4n) is 3.82. The van der Waals surface area contributed by atoms with Crippen LogP contribution < -0.4 is 5.32 Å². The Hall–Kier alpha value is -4.05. The fraction of sp³-hybridized carbons (Fsp3) is 0.231. The Morgan fingerprint density at radius 3 is 2.42 bits per heavy atom. The number of carbonyl (C=O) groups excluding carboxylic acids is 2. The van der Waals surface area contributed by atoms with Crippen molar-refractivity contribution < 1.29 is 27.9 Å². The van der Waals surface area contributed by atoms with Crippen LogP contribution in [0.5, 0.6) is 0 Å². The lowest BCUT2D eigenvalue weighted by Gasteiger charge is -2.25. The van der Waals surface area contributed by atoms with Crippen LogP contribution in [0.25, 0.3) is 10.9 Å². The molecule has 3 heterocycles. The standard InChI is InChI=1S/C26H23F3N4O3/c1-25(2,15-34)33-14-21(20-13-30-8-7-22(20)33)24(36)17-10-19(12-31-11-17)32-23(35)9-16-3-5-18(6-4-16)26(27,28)29/h3-8,10-14,34H,9,15H2,1-2H3,(H,32,35). The maximum absolute atomic E-state index is 13.4. The number of nitrogens with one attached hydrogen (secondary N) is 1. The van der Waals surface area contributed by atoms with Crippen LogP contribution in [0.2, 0.25) is 0 Å². The van der Waals surface area contributed by atoms with E-state index in [1.54, 1.807) is 24.7 Å². The van der Waals surface area contributed by atoms with Crippen LogP contribution in [0.1, 0.15) is 40.9 Å². The van der Waals surface area contributed by atoms with Crippen LogP contribution in [-0.2, 0) is 22.9 Å². The molecule has 0 fully saturated rings. The number of alkyl halides is 3. The summed E-state index contributed by atoms with van der Waals surface area (Å²) in [7, 11) is 0. The third-order valence-corrected chi connectivity index (χ3v) is 5.82. The quantitative estimate of drug-likeness (QED) is 0.365. The molecule has 2 N–H and O–H groups in total. The molecule has 0 aliphatic heterocycles. The summed E-state index contributed by atoms with van der Waals surface area (Å²) in [6, 6.07) is 7.59. The molecule has 3 aromatic heterocycles. The van der Waals surface area contributed by atoms with Gasteiger partial charge in [0, 0.05) is 41.3 Å². The SMILES string of the molecule is CC(C)(CO)n1cc(C(=O)c2cncc(NC(=O)Cc3ccc(C(F)(F)F)cc3)c2)c2cnccc21. The predicted molar refractivity (Wildman–Crippen MR) is 128 cm³/mol. The molecule has 0 atom stereocenters. The molecular weight excluding hydrogens is 473 g/mol. The number of rotatable bonds is 7. The minimum Gasteiger partial charge on any atom is -0.394 e. The van der Waals surface area contributed by atoms with Gasteiger partial charge >= 0.3 is 6.18 Å². The van der Waals surface area contributed by atoms with Gasteiger partial charge in [-0.05, 0) is 43.7 Å². The highest BCUT2D eigenvalue weighted by molar-refractivity contribution is 6.16. The summed E-state index contributed by atoms with van der Waals surface area (Å²) >= 11 is 0. The van der Waals surface area contributed by atoms with Gasteiger partial charge in [-0.1, -0.05) is 12.1 Å². The molecule has 10 heteroatoms. The number of aliphatic hydroxyl groups is 1. The number of hydrogen-bond acceptors (Lipinski definition) is 5. The number of benzene rings is 1. The van der Waals surface area contributed by atoms with Gasteiger partial charge in [0.1, 0.15) is 0 Å². The number of carbonyl (C=O) groups is 2. The molecule has 4 rings (SSSR count). The van der Waals surface area contributed by atoms with Gasteiger partial charge in [-0.2, -0.15) is 13.2 Å². The van der Waals surface area contributed by atoms with E-state index in [4.69, 9.17) is 0 Å². The lowest BCUT2D eigenvalue weighted by atomic mass is 10.0. The number of aliphatic hydroxyl groups excluding tert-OH is 1. The summed E-state index contributed by atoms with van der Waals surface area (Å²) in [6.45, 7) is 3.54. The van der Waals surface area contributed by atoms with Gasteiger partial charge in [0.15, 0.2) is 5.78 Å². The zero-order chi connectivity index (χ0) is 26.1. The molecule has 4 aromatic rings. The van der Waals surface area contributed by atoms with Crippen molar-refractivity contribution in [2.75, 3.05) is 11.9 Å². The van der Waals surface area contributed by atoms with E-state index >= 15 is 0 Å². The molecule has 0 saturated carbocycles. The second-order valence-corrected chi connectivity index (χ2v) is 8.99. The molecule has 186 valence electrons. The Labute approximate surface area is 204 Å². The van der Waals surface area contributed by atoms with E-state index in [0.29, 0.717) is 16.5 Å². The number of amides is 1. The van der Waals surface area contributed by atoms with E-state index in [2.05, 4.69) is 15.3 Å². The van der Waals surface area contributed by atoms with Crippen molar-refractivity contribution >= 4 is 28.3 Å². The molecule has 0 radical (unpaired) electrons. The third kappa shape index (κ3) is 5.13. The zero-order valence-corrected chi connectivity index (χ0v) is 19.5. The molecule has 0 aliphatic rings. The summed E-state index contributed by atoms with van der Waals surface area (Å²) in [4.78, 5) is 34.0. The van der Waals surface area contributed by atoms with Crippen molar-refractivity contribution in [3.63, 3.8) is 0 Å². The second kappa shape index (κ2) is 9.54. The van der Waals surface area contributed by atoms with Crippen LogP contribution in [0.4, 0.5) is 18.9 Å².